The number of hydrogen-bond donors (Lipinski definition) is 1. The molecular formula is C14H12BrClN2O2. The Morgan fingerprint density at radius 1 is 1.25 bits per heavy atom. The molecule has 1 aliphatic heterocycles. The molecule has 0 aliphatic carbocycles. The molecule has 0 bridgehead atoms. The summed E-state index contributed by atoms with van der Waals surface area (Å²) < 4.78 is 12.1. The number of hydrogen-bond acceptors (Lipinski definition) is 4. The maximum Gasteiger partial charge on any atom is 0.175 e. The van der Waals surface area contributed by atoms with Gasteiger partial charge in [-0.1, -0.05) is 11.6 Å². The topological polar surface area (TPSA) is 43.4 Å². The number of nitrogens with one attached hydrogen (secondary N) is 1. The third kappa shape index (κ3) is 2.99. The lowest BCUT2D eigenvalue weighted by atomic mass is 10.2. The van der Waals surface area contributed by atoms with Crippen molar-refractivity contribution in [2.24, 2.45) is 0 Å². The first-order valence-electron chi connectivity index (χ1n) is 6.16. The van der Waals surface area contributed by atoms with E-state index in [2.05, 4.69) is 26.2 Å². The summed E-state index contributed by atoms with van der Waals surface area (Å²) in [6.07, 6.45) is 1.70. The van der Waals surface area contributed by atoms with Crippen LogP contribution < -0.4 is 14.8 Å². The van der Waals surface area contributed by atoms with E-state index >= 15 is 0 Å². The van der Waals surface area contributed by atoms with Crippen LogP contribution in [0.25, 0.3) is 0 Å². The van der Waals surface area contributed by atoms with Crippen molar-refractivity contribution in [2.75, 3.05) is 18.5 Å². The number of aromatic nitrogens is 1. The summed E-state index contributed by atoms with van der Waals surface area (Å²) in [7, 11) is 0. The van der Waals surface area contributed by atoms with E-state index in [0.717, 1.165) is 27.2 Å². The highest BCUT2D eigenvalue weighted by atomic mass is 79.9. The van der Waals surface area contributed by atoms with Crippen molar-refractivity contribution in [3.8, 4) is 11.5 Å². The quantitative estimate of drug-likeness (QED) is 0.849. The summed E-state index contributed by atoms with van der Waals surface area (Å²) in [4.78, 5) is 4.03. The minimum absolute atomic E-state index is 0.484. The third-order valence-electron chi connectivity index (χ3n) is 2.88. The second kappa shape index (κ2) is 5.89. The van der Waals surface area contributed by atoms with Crippen molar-refractivity contribution in [2.45, 2.75) is 6.54 Å². The van der Waals surface area contributed by atoms with Gasteiger partial charge in [-0.15, -0.1) is 0 Å². The summed E-state index contributed by atoms with van der Waals surface area (Å²) in [6, 6.07) is 7.64. The van der Waals surface area contributed by atoms with E-state index in [1.807, 2.05) is 18.2 Å². The Balaban J connectivity index is 1.74. The molecule has 0 atom stereocenters. The first-order valence-corrected chi connectivity index (χ1v) is 7.33. The summed E-state index contributed by atoms with van der Waals surface area (Å²) >= 11 is 9.26. The van der Waals surface area contributed by atoms with Gasteiger partial charge in [-0.05, 0) is 45.8 Å². The van der Waals surface area contributed by atoms with Gasteiger partial charge in [0.1, 0.15) is 18.4 Å². The number of halogens is 2. The van der Waals surface area contributed by atoms with E-state index in [0.29, 0.717) is 24.9 Å². The van der Waals surface area contributed by atoms with Crippen molar-refractivity contribution in [1.29, 1.82) is 0 Å². The van der Waals surface area contributed by atoms with Crippen LogP contribution in [0, 0.1) is 0 Å². The second-order valence-electron chi connectivity index (χ2n) is 4.32. The predicted octanol–water partition coefficient (Wildman–Crippen LogP) is 3.88. The molecule has 104 valence electrons. The van der Waals surface area contributed by atoms with Gasteiger partial charge >= 0.3 is 0 Å². The standard InChI is InChI=1S/C14H12BrClN2O2/c15-11-5-9(6-12-14(11)20-4-3-19-12)7-17-10-1-2-13(16)18-8-10/h1-2,5-6,8,17H,3-4,7H2. The van der Waals surface area contributed by atoms with Gasteiger partial charge in [-0.25, -0.2) is 4.98 Å². The molecule has 2 heterocycles. The minimum atomic E-state index is 0.484. The van der Waals surface area contributed by atoms with E-state index in [4.69, 9.17) is 21.1 Å². The van der Waals surface area contributed by atoms with Gasteiger partial charge in [0.15, 0.2) is 11.5 Å². The molecule has 1 aromatic carbocycles. The van der Waals surface area contributed by atoms with Crippen LogP contribution in [-0.2, 0) is 6.54 Å². The Morgan fingerprint density at radius 3 is 2.90 bits per heavy atom. The molecule has 0 amide bonds. The molecule has 20 heavy (non-hydrogen) atoms. The van der Waals surface area contributed by atoms with Gasteiger partial charge in [-0.2, -0.15) is 0 Å². The maximum absolute atomic E-state index is 5.75. The maximum atomic E-state index is 5.75. The van der Waals surface area contributed by atoms with Crippen molar-refractivity contribution < 1.29 is 9.47 Å². The third-order valence-corrected chi connectivity index (χ3v) is 3.69. The molecule has 1 N–H and O–H groups in total. The van der Waals surface area contributed by atoms with E-state index in [1.165, 1.54) is 0 Å². The van der Waals surface area contributed by atoms with Crippen LogP contribution in [0.3, 0.4) is 0 Å². The van der Waals surface area contributed by atoms with Crippen LogP contribution in [0.5, 0.6) is 11.5 Å². The number of pyridine rings is 1. The monoisotopic (exact) mass is 354 g/mol. The molecule has 0 saturated carbocycles. The number of ether oxygens (including phenoxy) is 2. The molecule has 6 heteroatoms. The van der Waals surface area contributed by atoms with E-state index in [-0.39, 0.29) is 0 Å². The van der Waals surface area contributed by atoms with E-state index in [1.54, 1.807) is 12.3 Å². The Bertz CT molecular complexity index is 619. The lowest BCUT2D eigenvalue weighted by molar-refractivity contribution is 0.170. The summed E-state index contributed by atoms with van der Waals surface area (Å²) in [5, 5.41) is 3.77. The lowest BCUT2D eigenvalue weighted by Crippen LogP contribution is -2.16. The smallest absolute Gasteiger partial charge is 0.175 e. The number of anilines is 1. The zero-order valence-corrected chi connectivity index (χ0v) is 12.9. The van der Waals surface area contributed by atoms with Crippen molar-refractivity contribution in [3.05, 3.63) is 45.7 Å². The number of benzene rings is 1. The fourth-order valence-electron chi connectivity index (χ4n) is 1.95. The first-order chi connectivity index (χ1) is 9.72. The van der Waals surface area contributed by atoms with Crippen LogP contribution >= 0.6 is 27.5 Å². The van der Waals surface area contributed by atoms with Crippen LogP contribution in [0.1, 0.15) is 5.56 Å². The molecule has 3 rings (SSSR count). The average Bonchev–Trinajstić information content (AvgIpc) is 2.47. The SMILES string of the molecule is Clc1ccc(NCc2cc(Br)c3c(c2)OCCO3)cn1. The Kier molecular flexibility index (Phi) is 3.98. The molecule has 0 unspecified atom stereocenters. The fraction of sp³-hybridized carbons (Fsp3) is 0.214. The largest absolute Gasteiger partial charge is 0.486 e. The van der Waals surface area contributed by atoms with Crippen molar-refractivity contribution >= 4 is 33.2 Å². The van der Waals surface area contributed by atoms with Gasteiger partial charge in [0, 0.05) is 6.54 Å². The highest BCUT2D eigenvalue weighted by molar-refractivity contribution is 9.10. The number of nitrogens with zero attached hydrogens (tertiary/aromatic N) is 1. The molecule has 0 radical (unpaired) electrons. The molecule has 4 nitrogen and oxygen atoms in total. The molecular weight excluding hydrogens is 344 g/mol. The van der Waals surface area contributed by atoms with E-state index in [9.17, 15) is 0 Å². The Morgan fingerprint density at radius 2 is 2.10 bits per heavy atom. The van der Waals surface area contributed by atoms with Crippen LogP contribution in [0.15, 0.2) is 34.9 Å². The Labute approximate surface area is 130 Å². The molecule has 0 spiro atoms. The van der Waals surface area contributed by atoms with Gasteiger partial charge in [0.2, 0.25) is 0 Å². The summed E-state index contributed by atoms with van der Waals surface area (Å²) in [5.74, 6) is 1.55. The summed E-state index contributed by atoms with van der Waals surface area (Å²) in [5.41, 5.74) is 2.01. The second-order valence-corrected chi connectivity index (χ2v) is 5.57. The lowest BCUT2D eigenvalue weighted by Gasteiger charge is -2.20. The minimum Gasteiger partial charge on any atom is -0.486 e. The van der Waals surface area contributed by atoms with E-state index < -0.39 is 0 Å². The molecule has 1 aliphatic rings. The van der Waals surface area contributed by atoms with Gasteiger partial charge in [-0.3, -0.25) is 0 Å². The van der Waals surface area contributed by atoms with Crippen LogP contribution in [-0.4, -0.2) is 18.2 Å². The predicted molar refractivity (Wildman–Crippen MR) is 81.7 cm³/mol. The Hall–Kier alpha value is -1.46. The molecule has 0 saturated heterocycles. The summed E-state index contributed by atoms with van der Waals surface area (Å²) in [6.45, 7) is 1.83. The van der Waals surface area contributed by atoms with Crippen LogP contribution in [0.2, 0.25) is 5.15 Å². The normalized spacial score (nSPS) is 13.1. The number of rotatable bonds is 3. The zero-order chi connectivity index (χ0) is 13.9. The average molecular weight is 356 g/mol. The zero-order valence-electron chi connectivity index (χ0n) is 10.5. The first kappa shape index (κ1) is 13.5. The molecule has 0 fully saturated rings. The highest BCUT2D eigenvalue weighted by Gasteiger charge is 2.16. The van der Waals surface area contributed by atoms with Crippen molar-refractivity contribution in [3.63, 3.8) is 0 Å². The molecule has 2 aromatic rings. The van der Waals surface area contributed by atoms with Crippen LogP contribution in [0.4, 0.5) is 5.69 Å². The van der Waals surface area contributed by atoms with Gasteiger partial charge in [0.25, 0.3) is 0 Å². The van der Waals surface area contributed by atoms with Crippen molar-refractivity contribution in [1.82, 2.24) is 4.98 Å². The molecule has 1 aromatic heterocycles. The highest BCUT2D eigenvalue weighted by Crippen LogP contribution is 2.38. The van der Waals surface area contributed by atoms with Gasteiger partial charge < -0.3 is 14.8 Å². The number of fused-ring (bicyclic) bond motifs is 1. The van der Waals surface area contributed by atoms with Gasteiger partial charge in [0.05, 0.1) is 16.4 Å². The fourth-order valence-corrected chi connectivity index (χ4v) is 2.67.